The van der Waals surface area contributed by atoms with Crippen LogP contribution in [0.2, 0.25) is 0 Å². The zero-order valence-electron chi connectivity index (χ0n) is 15.1. The third-order valence-corrected chi connectivity index (χ3v) is 5.85. The van der Waals surface area contributed by atoms with E-state index in [0.717, 1.165) is 10.5 Å². The van der Waals surface area contributed by atoms with Crippen molar-refractivity contribution in [3.05, 3.63) is 70.3 Å². The van der Waals surface area contributed by atoms with Gasteiger partial charge in [-0.3, -0.25) is 0 Å². The summed E-state index contributed by atoms with van der Waals surface area (Å²) in [4.78, 5) is 6.08. The van der Waals surface area contributed by atoms with Gasteiger partial charge in [-0.25, -0.2) is 4.99 Å². The summed E-state index contributed by atoms with van der Waals surface area (Å²) >= 11 is 1.76. The summed E-state index contributed by atoms with van der Waals surface area (Å²) in [7, 11) is 0. The van der Waals surface area contributed by atoms with Gasteiger partial charge in [-0.05, 0) is 37.5 Å². The molecule has 4 rings (SSSR count). The number of thiazole rings is 1. The molecule has 0 atom stereocenters. The van der Waals surface area contributed by atoms with Gasteiger partial charge in [0.2, 0.25) is 0 Å². The van der Waals surface area contributed by atoms with Crippen LogP contribution in [0.3, 0.4) is 0 Å². The van der Waals surface area contributed by atoms with Gasteiger partial charge in [0.15, 0.2) is 4.80 Å². The molecule has 136 valence electrons. The number of para-hydroxylation sites is 1. The van der Waals surface area contributed by atoms with E-state index in [1.54, 1.807) is 11.3 Å². The Labute approximate surface area is 170 Å². The minimum atomic E-state index is 0. The van der Waals surface area contributed by atoms with Crippen molar-refractivity contribution < 1.29 is 0 Å². The molecule has 1 fully saturated rings. The first kappa shape index (κ1) is 19.1. The van der Waals surface area contributed by atoms with E-state index < -0.39 is 0 Å². The van der Waals surface area contributed by atoms with E-state index in [1.807, 2.05) is 6.07 Å². The number of hydrogen-bond donors (Lipinski definition) is 0. The van der Waals surface area contributed by atoms with Gasteiger partial charge >= 0.3 is 0 Å². The van der Waals surface area contributed by atoms with E-state index in [0.29, 0.717) is 6.04 Å². The first-order valence-electron chi connectivity index (χ1n) is 9.18. The lowest BCUT2D eigenvalue weighted by atomic mass is 9.95. The zero-order chi connectivity index (χ0) is 17.1. The summed E-state index contributed by atoms with van der Waals surface area (Å²) in [5, 5.41) is 2.28. The molecule has 26 heavy (non-hydrogen) atoms. The number of nitrogens with zero attached hydrogens (tertiary/aromatic N) is 2. The smallest absolute Gasteiger partial charge is 0.190 e. The molecule has 3 aromatic rings. The van der Waals surface area contributed by atoms with Crippen LogP contribution in [0, 0.1) is 6.92 Å². The van der Waals surface area contributed by atoms with Gasteiger partial charge in [0.25, 0.3) is 0 Å². The first-order valence-corrected chi connectivity index (χ1v) is 10.1. The lowest BCUT2D eigenvalue weighted by molar-refractivity contribution is 0.351. The maximum atomic E-state index is 4.96. The van der Waals surface area contributed by atoms with E-state index in [-0.39, 0.29) is 17.0 Å². The van der Waals surface area contributed by atoms with E-state index in [2.05, 4.69) is 65.4 Å². The Morgan fingerprint density at radius 3 is 2.31 bits per heavy atom. The second kappa shape index (κ2) is 8.83. The van der Waals surface area contributed by atoms with Crippen LogP contribution in [0.5, 0.6) is 0 Å². The predicted octanol–water partition coefficient (Wildman–Crippen LogP) is 6.84. The lowest BCUT2D eigenvalue weighted by Gasteiger charge is -2.25. The molecule has 0 bridgehead atoms. The zero-order valence-corrected chi connectivity index (χ0v) is 17.6. The highest BCUT2D eigenvalue weighted by molar-refractivity contribution is 8.93. The fourth-order valence-electron chi connectivity index (χ4n) is 3.64. The van der Waals surface area contributed by atoms with E-state index in [4.69, 9.17) is 4.99 Å². The fourth-order valence-corrected chi connectivity index (χ4v) is 4.63. The Balaban J connectivity index is 0.00000196. The van der Waals surface area contributed by atoms with Crippen molar-refractivity contribution in [2.75, 3.05) is 0 Å². The molecule has 0 N–H and O–H groups in total. The van der Waals surface area contributed by atoms with Gasteiger partial charge in [-0.2, -0.15) is 0 Å². The number of benzene rings is 2. The molecule has 0 radical (unpaired) electrons. The summed E-state index contributed by atoms with van der Waals surface area (Å²) < 4.78 is 2.50. The molecule has 2 aromatic carbocycles. The number of hydrogen-bond acceptors (Lipinski definition) is 2. The maximum Gasteiger partial charge on any atom is 0.190 e. The second-order valence-electron chi connectivity index (χ2n) is 6.88. The number of rotatable bonds is 3. The van der Waals surface area contributed by atoms with Crippen LogP contribution in [0.25, 0.3) is 11.3 Å². The molecule has 2 nitrogen and oxygen atoms in total. The summed E-state index contributed by atoms with van der Waals surface area (Å²) in [6, 6.07) is 19.8. The molecule has 0 spiro atoms. The Morgan fingerprint density at radius 2 is 1.62 bits per heavy atom. The van der Waals surface area contributed by atoms with Gasteiger partial charge in [-0.1, -0.05) is 67.3 Å². The van der Waals surface area contributed by atoms with Crippen molar-refractivity contribution >= 4 is 34.0 Å². The van der Waals surface area contributed by atoms with Gasteiger partial charge < -0.3 is 4.57 Å². The second-order valence-corrected chi connectivity index (χ2v) is 7.72. The minimum Gasteiger partial charge on any atom is -0.313 e. The quantitative estimate of drug-likeness (QED) is 0.434. The van der Waals surface area contributed by atoms with Crippen LogP contribution < -0.4 is 4.80 Å². The van der Waals surface area contributed by atoms with Crippen molar-refractivity contribution in [3.63, 3.8) is 0 Å². The Hall–Kier alpha value is -1.65. The van der Waals surface area contributed by atoms with Crippen LogP contribution in [0.4, 0.5) is 5.69 Å². The summed E-state index contributed by atoms with van der Waals surface area (Å²) in [6.45, 7) is 2.14. The van der Waals surface area contributed by atoms with Crippen LogP contribution in [0.15, 0.2) is 65.0 Å². The number of aromatic nitrogens is 1. The van der Waals surface area contributed by atoms with Gasteiger partial charge in [0, 0.05) is 11.4 Å². The summed E-state index contributed by atoms with van der Waals surface area (Å²) in [5.74, 6) is 0. The average Bonchev–Trinajstić information content (AvgIpc) is 3.07. The van der Waals surface area contributed by atoms with Crippen LogP contribution in [0.1, 0.15) is 43.7 Å². The molecule has 1 aliphatic rings. The maximum absolute atomic E-state index is 4.96. The lowest BCUT2D eigenvalue weighted by Crippen LogP contribution is -2.23. The SMILES string of the molecule is Br.Cc1ccc(-c2csc(=Nc3ccccc3)n2C2CCCCC2)cc1. The molecule has 0 amide bonds. The highest BCUT2D eigenvalue weighted by Crippen LogP contribution is 2.32. The largest absolute Gasteiger partial charge is 0.313 e. The third kappa shape index (κ3) is 4.18. The third-order valence-electron chi connectivity index (χ3n) is 5.01. The molecular weight excluding hydrogens is 404 g/mol. The Kier molecular flexibility index (Phi) is 6.49. The highest BCUT2D eigenvalue weighted by atomic mass is 79.9. The standard InChI is InChI=1S/C22H24N2S.BrH/c1-17-12-14-18(15-13-17)21-16-25-22(23-19-8-4-2-5-9-19)24(21)20-10-6-3-7-11-20;/h2,4-5,8-9,12-16,20H,3,6-7,10-11H2,1H3;1H. The van der Waals surface area contributed by atoms with Gasteiger partial charge in [-0.15, -0.1) is 28.3 Å². The molecule has 1 saturated carbocycles. The summed E-state index contributed by atoms with van der Waals surface area (Å²) in [5.41, 5.74) is 4.94. The van der Waals surface area contributed by atoms with E-state index in [9.17, 15) is 0 Å². The molecular formula is C22H25BrN2S. The average molecular weight is 429 g/mol. The predicted molar refractivity (Wildman–Crippen MR) is 117 cm³/mol. The molecule has 0 unspecified atom stereocenters. The van der Waals surface area contributed by atoms with Crippen molar-refractivity contribution in [1.29, 1.82) is 0 Å². The van der Waals surface area contributed by atoms with Crippen molar-refractivity contribution in [1.82, 2.24) is 4.57 Å². The van der Waals surface area contributed by atoms with Gasteiger partial charge in [0.05, 0.1) is 11.4 Å². The van der Waals surface area contributed by atoms with Gasteiger partial charge in [0.1, 0.15) is 0 Å². The molecule has 0 saturated heterocycles. The molecule has 4 heteroatoms. The van der Waals surface area contributed by atoms with Crippen LogP contribution >= 0.6 is 28.3 Å². The van der Waals surface area contributed by atoms with Crippen LogP contribution in [-0.4, -0.2) is 4.57 Å². The van der Waals surface area contributed by atoms with Crippen LogP contribution in [-0.2, 0) is 0 Å². The summed E-state index contributed by atoms with van der Waals surface area (Å²) in [6.07, 6.45) is 6.54. The monoisotopic (exact) mass is 428 g/mol. The number of halogens is 1. The topological polar surface area (TPSA) is 17.3 Å². The Morgan fingerprint density at radius 1 is 0.923 bits per heavy atom. The number of aryl methyl sites for hydroxylation is 1. The molecule has 1 aliphatic carbocycles. The first-order chi connectivity index (χ1) is 12.3. The molecule has 1 heterocycles. The molecule has 0 aliphatic heterocycles. The molecule has 1 aromatic heterocycles. The van der Waals surface area contributed by atoms with E-state index in [1.165, 1.54) is 48.9 Å². The van der Waals surface area contributed by atoms with Crippen molar-refractivity contribution in [2.45, 2.75) is 45.1 Å². The van der Waals surface area contributed by atoms with Crippen molar-refractivity contribution in [2.24, 2.45) is 4.99 Å². The fraction of sp³-hybridized carbons (Fsp3) is 0.318. The normalized spacial score (nSPS) is 15.7. The highest BCUT2D eigenvalue weighted by Gasteiger charge is 2.20. The Bertz CT molecular complexity index is 888. The minimum absolute atomic E-state index is 0. The van der Waals surface area contributed by atoms with E-state index >= 15 is 0 Å². The van der Waals surface area contributed by atoms with Crippen molar-refractivity contribution in [3.8, 4) is 11.3 Å².